The molecule has 1 aromatic rings. The van der Waals surface area contributed by atoms with Gasteiger partial charge in [-0.05, 0) is 18.3 Å². The van der Waals surface area contributed by atoms with Crippen LogP contribution in [0.3, 0.4) is 0 Å². The first kappa shape index (κ1) is 14.9. The van der Waals surface area contributed by atoms with Gasteiger partial charge in [-0.2, -0.15) is 17.0 Å². The van der Waals surface area contributed by atoms with Crippen LogP contribution in [-0.4, -0.2) is 42.1 Å². The molecule has 0 spiro atoms. The Labute approximate surface area is 119 Å². The van der Waals surface area contributed by atoms with Gasteiger partial charge in [-0.1, -0.05) is 13.8 Å². The molecule has 0 amide bonds. The highest BCUT2D eigenvalue weighted by Gasteiger charge is 2.33. The fourth-order valence-corrected chi connectivity index (χ4v) is 4.74. The van der Waals surface area contributed by atoms with Crippen LogP contribution in [-0.2, 0) is 16.8 Å². The van der Waals surface area contributed by atoms with Gasteiger partial charge in [-0.25, -0.2) is 4.98 Å². The Hall–Kier alpha value is -0.500. The van der Waals surface area contributed by atoms with Crippen LogP contribution in [0, 0.1) is 11.8 Å². The van der Waals surface area contributed by atoms with E-state index in [1.165, 1.54) is 15.6 Å². The lowest BCUT2D eigenvalue weighted by Gasteiger charge is -2.36. The third kappa shape index (κ3) is 3.53. The van der Waals surface area contributed by atoms with E-state index in [-0.39, 0.29) is 0 Å². The summed E-state index contributed by atoms with van der Waals surface area (Å²) in [5.41, 5.74) is 2.52. The van der Waals surface area contributed by atoms with E-state index in [9.17, 15) is 8.42 Å². The van der Waals surface area contributed by atoms with Crippen molar-refractivity contribution in [3.05, 3.63) is 16.6 Å². The number of hydrogen-bond acceptors (Lipinski definition) is 4. The predicted molar refractivity (Wildman–Crippen MR) is 77.0 cm³/mol. The number of nitrogens with zero attached hydrogens (tertiary/aromatic N) is 3. The number of hydrogen-bond donors (Lipinski definition) is 0. The highest BCUT2D eigenvalue weighted by Crippen LogP contribution is 2.24. The Bertz CT molecular complexity index is 491. The van der Waals surface area contributed by atoms with Gasteiger partial charge >= 0.3 is 0 Å². The second-order valence-electron chi connectivity index (χ2n) is 5.51. The summed E-state index contributed by atoms with van der Waals surface area (Å²) in [6.45, 7) is 5.80. The summed E-state index contributed by atoms with van der Waals surface area (Å²) in [7, 11) is -1.75. The van der Waals surface area contributed by atoms with E-state index in [1.54, 1.807) is 16.9 Å². The molecule has 19 heavy (non-hydrogen) atoms. The third-order valence-electron chi connectivity index (χ3n) is 3.42. The Morgan fingerprint density at radius 3 is 2.58 bits per heavy atom. The molecule has 5 nitrogen and oxygen atoms in total. The molecular formula is C12H21N3O2S2. The molecule has 1 aromatic heterocycles. The average Bonchev–Trinajstić information content (AvgIpc) is 2.80. The molecule has 2 unspecified atom stereocenters. The normalized spacial score (nSPS) is 25.9. The molecule has 108 valence electrons. The summed E-state index contributed by atoms with van der Waals surface area (Å²) in [5.74, 6) is 0.845. The van der Waals surface area contributed by atoms with Crippen molar-refractivity contribution < 1.29 is 8.42 Å². The molecule has 1 saturated heterocycles. The van der Waals surface area contributed by atoms with Crippen molar-refractivity contribution in [3.63, 3.8) is 0 Å². The van der Waals surface area contributed by atoms with Crippen molar-refractivity contribution >= 4 is 21.5 Å². The zero-order chi connectivity index (χ0) is 14.0. The summed E-state index contributed by atoms with van der Waals surface area (Å²) < 4.78 is 28.1. The molecule has 7 heteroatoms. The maximum Gasteiger partial charge on any atom is 0.282 e. The molecule has 0 aromatic carbocycles. The van der Waals surface area contributed by atoms with Crippen molar-refractivity contribution in [2.45, 2.75) is 26.8 Å². The standard InChI is InChI=1S/C12H21N3O2S2/c1-10-4-11(2)6-15(5-10)19(16,17)14(3)7-12-8-18-9-13-12/h8-11H,4-7H2,1-3H3. The zero-order valence-electron chi connectivity index (χ0n) is 11.6. The van der Waals surface area contributed by atoms with Crippen LogP contribution >= 0.6 is 11.3 Å². The summed E-state index contributed by atoms with van der Waals surface area (Å²) in [6.07, 6.45) is 1.10. The van der Waals surface area contributed by atoms with Gasteiger partial charge in [0.05, 0.1) is 17.7 Å². The van der Waals surface area contributed by atoms with Gasteiger partial charge in [-0.15, -0.1) is 11.3 Å². The minimum atomic E-state index is -3.37. The smallest absolute Gasteiger partial charge is 0.248 e. The lowest BCUT2D eigenvalue weighted by molar-refractivity contribution is 0.211. The van der Waals surface area contributed by atoms with Crippen LogP contribution < -0.4 is 0 Å². The van der Waals surface area contributed by atoms with Gasteiger partial charge in [0.25, 0.3) is 10.2 Å². The molecule has 0 aliphatic carbocycles. The minimum absolute atomic E-state index is 0.338. The zero-order valence-corrected chi connectivity index (χ0v) is 13.2. The highest BCUT2D eigenvalue weighted by molar-refractivity contribution is 7.86. The van der Waals surface area contributed by atoms with Crippen molar-refractivity contribution in [3.8, 4) is 0 Å². The SMILES string of the molecule is CC1CC(C)CN(S(=O)(=O)N(C)Cc2cscn2)C1. The first-order valence-electron chi connectivity index (χ1n) is 6.48. The van der Waals surface area contributed by atoms with Gasteiger partial charge in [0.15, 0.2) is 0 Å². The predicted octanol–water partition coefficient (Wildman–Crippen LogP) is 1.80. The molecular weight excluding hydrogens is 282 g/mol. The molecule has 0 radical (unpaired) electrons. The molecule has 0 bridgehead atoms. The van der Waals surface area contributed by atoms with E-state index >= 15 is 0 Å². The van der Waals surface area contributed by atoms with Crippen LogP contribution in [0.25, 0.3) is 0 Å². The number of piperidine rings is 1. The van der Waals surface area contributed by atoms with E-state index in [1.807, 2.05) is 5.38 Å². The molecule has 0 saturated carbocycles. The lowest BCUT2D eigenvalue weighted by Crippen LogP contribution is -2.48. The second-order valence-corrected chi connectivity index (χ2v) is 8.26. The molecule has 2 rings (SSSR count). The Morgan fingerprint density at radius 1 is 1.42 bits per heavy atom. The largest absolute Gasteiger partial charge is 0.282 e. The van der Waals surface area contributed by atoms with Crippen molar-refractivity contribution in [2.24, 2.45) is 11.8 Å². The Balaban J connectivity index is 2.08. The van der Waals surface area contributed by atoms with Crippen molar-refractivity contribution in [1.82, 2.24) is 13.6 Å². The van der Waals surface area contributed by atoms with Crippen LogP contribution in [0.5, 0.6) is 0 Å². The van der Waals surface area contributed by atoms with Gasteiger partial charge in [0.1, 0.15) is 0 Å². The van der Waals surface area contributed by atoms with E-state index in [0.717, 1.165) is 12.1 Å². The van der Waals surface area contributed by atoms with E-state index in [2.05, 4.69) is 18.8 Å². The number of thiazole rings is 1. The van der Waals surface area contributed by atoms with Crippen molar-refractivity contribution in [2.75, 3.05) is 20.1 Å². The molecule has 0 N–H and O–H groups in total. The van der Waals surface area contributed by atoms with Crippen LogP contribution in [0.4, 0.5) is 0 Å². The topological polar surface area (TPSA) is 53.5 Å². The molecule has 1 aliphatic rings. The molecule has 1 aliphatic heterocycles. The highest BCUT2D eigenvalue weighted by atomic mass is 32.2. The Kier molecular flexibility index (Phi) is 4.60. The third-order valence-corrected chi connectivity index (χ3v) is 5.93. The summed E-state index contributed by atoms with van der Waals surface area (Å²) >= 11 is 1.48. The molecule has 2 heterocycles. The van der Waals surface area contributed by atoms with Gasteiger partial charge in [0, 0.05) is 25.5 Å². The van der Waals surface area contributed by atoms with Crippen molar-refractivity contribution in [1.29, 1.82) is 0 Å². The quantitative estimate of drug-likeness (QED) is 0.852. The van der Waals surface area contributed by atoms with Gasteiger partial charge < -0.3 is 0 Å². The van der Waals surface area contributed by atoms with E-state index in [0.29, 0.717) is 31.5 Å². The van der Waals surface area contributed by atoms with Crippen LogP contribution in [0.2, 0.25) is 0 Å². The Morgan fingerprint density at radius 2 is 2.05 bits per heavy atom. The van der Waals surface area contributed by atoms with Crippen LogP contribution in [0.1, 0.15) is 26.0 Å². The lowest BCUT2D eigenvalue weighted by atomic mass is 9.94. The summed E-state index contributed by atoms with van der Waals surface area (Å²) in [5, 5.41) is 1.88. The summed E-state index contributed by atoms with van der Waals surface area (Å²) in [4.78, 5) is 4.14. The first-order chi connectivity index (χ1) is 8.89. The maximum atomic E-state index is 12.5. The van der Waals surface area contributed by atoms with Gasteiger partial charge in [0.2, 0.25) is 0 Å². The monoisotopic (exact) mass is 303 g/mol. The van der Waals surface area contributed by atoms with E-state index in [4.69, 9.17) is 0 Å². The minimum Gasteiger partial charge on any atom is -0.248 e. The maximum absolute atomic E-state index is 12.5. The second kappa shape index (κ2) is 5.87. The molecule has 2 atom stereocenters. The average molecular weight is 303 g/mol. The fraction of sp³-hybridized carbons (Fsp3) is 0.750. The summed E-state index contributed by atoms with van der Waals surface area (Å²) in [6, 6.07) is 0. The fourth-order valence-electron chi connectivity index (χ4n) is 2.62. The van der Waals surface area contributed by atoms with Crippen LogP contribution in [0.15, 0.2) is 10.9 Å². The van der Waals surface area contributed by atoms with Gasteiger partial charge in [-0.3, -0.25) is 0 Å². The molecule has 1 fully saturated rings. The van der Waals surface area contributed by atoms with E-state index < -0.39 is 10.2 Å². The number of aromatic nitrogens is 1. The number of rotatable bonds is 4. The first-order valence-corrected chi connectivity index (χ1v) is 8.82.